The van der Waals surface area contributed by atoms with Gasteiger partial charge in [0.2, 0.25) is 0 Å². The Balaban J connectivity index is 2.85. The van der Waals surface area contributed by atoms with E-state index in [1.54, 1.807) is 5.56 Å². The Kier molecular flexibility index (Phi) is 23.0. The zero-order chi connectivity index (χ0) is 27.6. The summed E-state index contributed by atoms with van der Waals surface area (Å²) in [4.78, 5) is 0. The van der Waals surface area contributed by atoms with Crippen LogP contribution >= 0.6 is 0 Å². The van der Waals surface area contributed by atoms with E-state index in [-0.39, 0.29) is 5.41 Å². The number of benzene rings is 1. The summed E-state index contributed by atoms with van der Waals surface area (Å²) in [5.74, 6) is 0.602. The highest BCUT2D eigenvalue weighted by molar-refractivity contribution is 5.28. The highest BCUT2D eigenvalue weighted by Gasteiger charge is 2.37. The van der Waals surface area contributed by atoms with Gasteiger partial charge in [0.1, 0.15) is 0 Å². The van der Waals surface area contributed by atoms with Crippen LogP contribution < -0.4 is 0 Å². The standard InChI is InChI=1S/C38H68/c1-5-9-12-15-18-20-23-29-34-38(37-32-27-25-28-33-37,35-30-24-21-19-16-13-10-6-2)36(8-4)31-26-22-17-14-11-7-3/h8,25,27-28,32-33,36H,4-7,9-24,26,29-31,34-35H2,1-3H3. The van der Waals surface area contributed by atoms with Crippen LogP contribution in [0.25, 0.3) is 0 Å². The van der Waals surface area contributed by atoms with E-state index in [4.69, 9.17) is 0 Å². The van der Waals surface area contributed by atoms with E-state index in [1.807, 2.05) is 0 Å². The molecule has 0 heterocycles. The van der Waals surface area contributed by atoms with Gasteiger partial charge in [0, 0.05) is 5.41 Å². The van der Waals surface area contributed by atoms with Crippen molar-refractivity contribution < 1.29 is 0 Å². The summed E-state index contributed by atoms with van der Waals surface area (Å²) in [6.45, 7) is 11.4. The maximum atomic E-state index is 4.45. The molecule has 38 heavy (non-hydrogen) atoms. The Hall–Kier alpha value is -1.04. The molecule has 1 unspecified atom stereocenters. The zero-order valence-corrected chi connectivity index (χ0v) is 26.4. The third-order valence-electron chi connectivity index (χ3n) is 9.16. The molecule has 0 nitrogen and oxygen atoms in total. The largest absolute Gasteiger partial charge is 0.103 e. The van der Waals surface area contributed by atoms with E-state index in [0.29, 0.717) is 5.92 Å². The van der Waals surface area contributed by atoms with Crippen LogP contribution in [0.4, 0.5) is 0 Å². The van der Waals surface area contributed by atoms with Crippen molar-refractivity contribution in [3.8, 4) is 0 Å². The number of allylic oxidation sites excluding steroid dienone is 1. The minimum Gasteiger partial charge on any atom is -0.103 e. The fraction of sp³-hybridized carbons (Fsp3) is 0.789. The van der Waals surface area contributed by atoms with Gasteiger partial charge in [0.25, 0.3) is 0 Å². The van der Waals surface area contributed by atoms with Gasteiger partial charge in [0.15, 0.2) is 0 Å². The smallest absolute Gasteiger partial charge is 0.00156 e. The lowest BCUT2D eigenvalue weighted by Gasteiger charge is -2.41. The van der Waals surface area contributed by atoms with Crippen LogP contribution in [0.15, 0.2) is 43.0 Å². The molecule has 0 radical (unpaired) electrons. The van der Waals surface area contributed by atoms with E-state index in [0.717, 1.165) is 0 Å². The Morgan fingerprint density at radius 1 is 0.526 bits per heavy atom. The average Bonchev–Trinajstić information content (AvgIpc) is 2.95. The molecule has 0 aliphatic rings. The molecular weight excluding hydrogens is 456 g/mol. The molecular formula is C38H68. The average molecular weight is 525 g/mol. The second-order valence-electron chi connectivity index (χ2n) is 12.4. The first-order valence-electron chi connectivity index (χ1n) is 17.4. The highest BCUT2D eigenvalue weighted by atomic mass is 14.4. The van der Waals surface area contributed by atoms with E-state index in [1.165, 1.54) is 161 Å². The number of unbranched alkanes of at least 4 members (excludes halogenated alkanes) is 19. The highest BCUT2D eigenvalue weighted by Crippen LogP contribution is 2.45. The third-order valence-corrected chi connectivity index (χ3v) is 9.16. The quantitative estimate of drug-likeness (QED) is 0.0755. The molecule has 220 valence electrons. The van der Waals surface area contributed by atoms with E-state index >= 15 is 0 Å². The molecule has 1 rings (SSSR count). The predicted octanol–water partition coefficient (Wildman–Crippen LogP) is 13.5. The fourth-order valence-electron chi connectivity index (χ4n) is 6.68. The van der Waals surface area contributed by atoms with E-state index in [2.05, 4.69) is 63.8 Å². The van der Waals surface area contributed by atoms with Crippen LogP contribution in [0.5, 0.6) is 0 Å². The normalized spacial score (nSPS) is 12.6. The molecule has 0 saturated heterocycles. The first-order valence-corrected chi connectivity index (χ1v) is 17.4. The van der Waals surface area contributed by atoms with E-state index in [9.17, 15) is 0 Å². The molecule has 1 aromatic rings. The summed E-state index contributed by atoms with van der Waals surface area (Å²) < 4.78 is 0. The van der Waals surface area contributed by atoms with Crippen molar-refractivity contribution in [2.24, 2.45) is 5.92 Å². The molecule has 0 heteroatoms. The second kappa shape index (κ2) is 25.0. The van der Waals surface area contributed by atoms with E-state index < -0.39 is 0 Å². The number of rotatable bonds is 28. The molecule has 0 bridgehead atoms. The molecule has 0 amide bonds. The fourth-order valence-corrected chi connectivity index (χ4v) is 6.68. The predicted molar refractivity (Wildman–Crippen MR) is 174 cm³/mol. The molecule has 1 aromatic carbocycles. The molecule has 0 aromatic heterocycles. The van der Waals surface area contributed by atoms with Crippen LogP contribution in [0, 0.1) is 5.92 Å². The first kappa shape index (κ1) is 35.0. The van der Waals surface area contributed by atoms with Gasteiger partial charge in [-0.25, -0.2) is 0 Å². The minimum absolute atomic E-state index is 0.275. The maximum absolute atomic E-state index is 4.45. The SMILES string of the molecule is C=CC(CCCCCCCC)C(CCCCCCCCCC)(CCCCCCCCCC)c1ccccc1. The molecule has 0 aliphatic carbocycles. The van der Waals surface area contributed by atoms with Crippen LogP contribution in [-0.2, 0) is 5.41 Å². The van der Waals surface area contributed by atoms with Crippen LogP contribution in [-0.4, -0.2) is 0 Å². The first-order chi connectivity index (χ1) is 18.7. The van der Waals surface area contributed by atoms with Gasteiger partial charge < -0.3 is 0 Å². The van der Waals surface area contributed by atoms with Gasteiger partial charge in [-0.3, -0.25) is 0 Å². The van der Waals surface area contributed by atoms with Gasteiger partial charge in [-0.15, -0.1) is 6.58 Å². The Bertz CT molecular complexity index is 594. The molecule has 0 saturated carbocycles. The maximum Gasteiger partial charge on any atom is 0.00156 e. The van der Waals surface area contributed by atoms with Gasteiger partial charge >= 0.3 is 0 Å². The summed E-state index contributed by atoms with van der Waals surface area (Å²) in [6.07, 6.45) is 37.2. The minimum atomic E-state index is 0.275. The van der Waals surface area contributed by atoms with Crippen molar-refractivity contribution in [3.63, 3.8) is 0 Å². The topological polar surface area (TPSA) is 0 Å². The third kappa shape index (κ3) is 15.5. The Labute approximate surface area is 240 Å². The monoisotopic (exact) mass is 525 g/mol. The van der Waals surface area contributed by atoms with Gasteiger partial charge in [-0.2, -0.15) is 0 Å². The summed E-state index contributed by atoms with van der Waals surface area (Å²) >= 11 is 0. The molecule has 0 spiro atoms. The van der Waals surface area contributed by atoms with Crippen molar-refractivity contribution in [1.82, 2.24) is 0 Å². The van der Waals surface area contributed by atoms with Crippen LogP contribution in [0.1, 0.15) is 187 Å². The van der Waals surface area contributed by atoms with Gasteiger partial charge in [-0.05, 0) is 30.7 Å². The number of hydrogen-bond donors (Lipinski definition) is 0. The lowest BCUT2D eigenvalue weighted by molar-refractivity contribution is 0.238. The van der Waals surface area contributed by atoms with Crippen LogP contribution in [0.3, 0.4) is 0 Å². The van der Waals surface area contributed by atoms with Crippen molar-refractivity contribution in [2.75, 3.05) is 0 Å². The molecule has 0 N–H and O–H groups in total. The lowest BCUT2D eigenvalue weighted by atomic mass is 9.63. The van der Waals surface area contributed by atoms with Crippen molar-refractivity contribution in [1.29, 1.82) is 0 Å². The van der Waals surface area contributed by atoms with Crippen molar-refractivity contribution >= 4 is 0 Å². The Morgan fingerprint density at radius 3 is 1.29 bits per heavy atom. The molecule has 0 aliphatic heterocycles. The second-order valence-corrected chi connectivity index (χ2v) is 12.4. The summed E-state index contributed by atoms with van der Waals surface area (Å²) in [6, 6.07) is 11.7. The van der Waals surface area contributed by atoms with Crippen molar-refractivity contribution in [2.45, 2.75) is 187 Å². The molecule has 1 atom stereocenters. The van der Waals surface area contributed by atoms with Gasteiger partial charge in [0.05, 0.1) is 0 Å². The summed E-state index contributed by atoms with van der Waals surface area (Å²) in [5.41, 5.74) is 1.87. The van der Waals surface area contributed by atoms with Crippen LogP contribution in [0.2, 0.25) is 0 Å². The summed E-state index contributed by atoms with van der Waals surface area (Å²) in [7, 11) is 0. The van der Waals surface area contributed by atoms with Gasteiger partial charge in [-0.1, -0.05) is 198 Å². The van der Waals surface area contributed by atoms with Crippen molar-refractivity contribution in [3.05, 3.63) is 48.6 Å². The molecule has 0 fully saturated rings. The lowest BCUT2D eigenvalue weighted by Crippen LogP contribution is -2.35. The Morgan fingerprint density at radius 2 is 0.895 bits per heavy atom. The number of hydrogen-bond acceptors (Lipinski definition) is 0. The zero-order valence-electron chi connectivity index (χ0n) is 26.4. The summed E-state index contributed by atoms with van der Waals surface area (Å²) in [5, 5.41) is 0.